The second-order valence-corrected chi connectivity index (χ2v) is 4.43. The molecule has 0 spiro atoms. The molecule has 16 heavy (non-hydrogen) atoms. The van der Waals surface area contributed by atoms with Crippen molar-refractivity contribution in [1.29, 1.82) is 0 Å². The van der Waals surface area contributed by atoms with Gasteiger partial charge in [0.05, 0.1) is 12.4 Å². The van der Waals surface area contributed by atoms with Gasteiger partial charge in [0, 0.05) is 0 Å². The van der Waals surface area contributed by atoms with Gasteiger partial charge in [-0.05, 0) is 11.8 Å². The van der Waals surface area contributed by atoms with Crippen molar-refractivity contribution < 1.29 is 38.3 Å². The summed E-state index contributed by atoms with van der Waals surface area (Å²) in [5.74, 6) is -3.50. The summed E-state index contributed by atoms with van der Waals surface area (Å²) in [7, 11) is 0. The Balaban J connectivity index is 2.63. The molecular formula is C7H11F3O5S. The maximum Gasteiger partial charge on any atom is 0.442 e. The molecule has 0 amide bonds. The number of aliphatic hydroxyl groups is 4. The van der Waals surface area contributed by atoms with Crippen molar-refractivity contribution in [2.24, 2.45) is 0 Å². The fourth-order valence-electron chi connectivity index (χ4n) is 1.20. The van der Waals surface area contributed by atoms with Gasteiger partial charge in [0.2, 0.25) is 5.79 Å². The Morgan fingerprint density at radius 1 is 1.31 bits per heavy atom. The van der Waals surface area contributed by atoms with Gasteiger partial charge in [0.15, 0.2) is 0 Å². The third kappa shape index (κ3) is 3.22. The normalized spacial score (nSPS) is 41.1. The summed E-state index contributed by atoms with van der Waals surface area (Å²) < 4.78 is 40.2. The Morgan fingerprint density at radius 3 is 2.38 bits per heavy atom. The minimum absolute atomic E-state index is 0.548. The average Bonchev–Trinajstić information content (AvgIpc) is 2.18. The number of aliphatic hydroxyl groups excluding tert-OH is 3. The molecule has 9 heteroatoms. The largest absolute Gasteiger partial charge is 0.442 e. The molecule has 0 aliphatic carbocycles. The van der Waals surface area contributed by atoms with Gasteiger partial charge in [-0.15, -0.1) is 0 Å². The van der Waals surface area contributed by atoms with Crippen LogP contribution in [-0.2, 0) is 4.74 Å². The van der Waals surface area contributed by atoms with Gasteiger partial charge in [0.1, 0.15) is 18.3 Å². The smallest absolute Gasteiger partial charge is 0.388 e. The average molecular weight is 264 g/mol. The molecule has 0 saturated carbocycles. The summed E-state index contributed by atoms with van der Waals surface area (Å²) in [6.07, 6.45) is -5.18. The fourth-order valence-corrected chi connectivity index (χ4v) is 1.83. The van der Waals surface area contributed by atoms with Gasteiger partial charge >= 0.3 is 5.51 Å². The Kier molecular flexibility index (Phi) is 4.08. The first kappa shape index (κ1) is 14.0. The van der Waals surface area contributed by atoms with Crippen LogP contribution < -0.4 is 0 Å². The van der Waals surface area contributed by atoms with Crippen LogP contribution in [0.1, 0.15) is 0 Å². The first-order chi connectivity index (χ1) is 7.16. The van der Waals surface area contributed by atoms with Crippen molar-refractivity contribution in [2.45, 2.75) is 29.6 Å². The van der Waals surface area contributed by atoms with Crippen molar-refractivity contribution >= 4 is 11.8 Å². The van der Waals surface area contributed by atoms with Crippen LogP contribution in [0.2, 0.25) is 0 Å². The van der Waals surface area contributed by atoms with E-state index in [-0.39, 0.29) is 0 Å². The highest BCUT2D eigenvalue weighted by Gasteiger charge is 2.50. The summed E-state index contributed by atoms with van der Waals surface area (Å²) in [6.45, 7) is -0.548. The molecule has 0 aromatic heterocycles. The van der Waals surface area contributed by atoms with Crippen LogP contribution in [0.4, 0.5) is 13.2 Å². The number of alkyl halides is 3. The molecule has 0 aromatic carbocycles. The SMILES string of the molecule is O[C@@H]1[C@H](O)COC(O)(CSC(F)(F)F)[C@H]1O. The minimum atomic E-state index is -4.58. The van der Waals surface area contributed by atoms with Crippen molar-refractivity contribution in [2.75, 3.05) is 12.4 Å². The minimum Gasteiger partial charge on any atom is -0.388 e. The van der Waals surface area contributed by atoms with Crippen LogP contribution in [0, 0.1) is 0 Å². The van der Waals surface area contributed by atoms with E-state index >= 15 is 0 Å². The number of thioether (sulfide) groups is 1. The van der Waals surface area contributed by atoms with E-state index in [1.54, 1.807) is 0 Å². The van der Waals surface area contributed by atoms with E-state index in [2.05, 4.69) is 4.74 Å². The van der Waals surface area contributed by atoms with Gasteiger partial charge < -0.3 is 25.2 Å². The van der Waals surface area contributed by atoms with Crippen molar-refractivity contribution in [3.8, 4) is 0 Å². The fraction of sp³-hybridized carbons (Fsp3) is 1.00. The predicted molar refractivity (Wildman–Crippen MR) is 47.4 cm³/mol. The van der Waals surface area contributed by atoms with Gasteiger partial charge in [-0.3, -0.25) is 0 Å². The third-order valence-electron chi connectivity index (χ3n) is 2.13. The van der Waals surface area contributed by atoms with Crippen LogP contribution in [0.25, 0.3) is 0 Å². The van der Waals surface area contributed by atoms with Crippen molar-refractivity contribution in [3.63, 3.8) is 0 Å². The number of hydrogen-bond donors (Lipinski definition) is 4. The lowest BCUT2D eigenvalue weighted by atomic mass is 9.98. The predicted octanol–water partition coefficient (Wildman–Crippen LogP) is -0.959. The Labute approximate surface area is 92.8 Å². The molecule has 1 unspecified atom stereocenters. The molecule has 4 atom stereocenters. The third-order valence-corrected chi connectivity index (χ3v) is 3.01. The zero-order chi connectivity index (χ0) is 12.6. The molecule has 96 valence electrons. The van der Waals surface area contributed by atoms with E-state index in [0.717, 1.165) is 0 Å². The molecule has 1 rings (SSSR count). The Bertz CT molecular complexity index is 251. The van der Waals surface area contributed by atoms with Crippen LogP contribution in [-0.4, -0.2) is 62.4 Å². The molecule has 0 radical (unpaired) electrons. The second kappa shape index (κ2) is 4.67. The summed E-state index contributed by atoms with van der Waals surface area (Å²) in [5.41, 5.74) is -4.58. The summed E-state index contributed by atoms with van der Waals surface area (Å²) in [4.78, 5) is 0. The molecule has 5 nitrogen and oxygen atoms in total. The first-order valence-electron chi connectivity index (χ1n) is 4.27. The van der Waals surface area contributed by atoms with Gasteiger partial charge in [-0.2, -0.15) is 13.2 Å². The molecule has 1 aliphatic heterocycles. The van der Waals surface area contributed by atoms with Crippen LogP contribution in [0.5, 0.6) is 0 Å². The lowest BCUT2D eigenvalue weighted by Crippen LogP contribution is -2.62. The summed E-state index contributed by atoms with van der Waals surface area (Å²) in [6, 6.07) is 0. The van der Waals surface area contributed by atoms with Crippen LogP contribution in [0.3, 0.4) is 0 Å². The lowest BCUT2D eigenvalue weighted by molar-refractivity contribution is -0.309. The maximum atomic E-state index is 11.9. The molecule has 0 bridgehead atoms. The molecule has 1 aliphatic rings. The van der Waals surface area contributed by atoms with Crippen LogP contribution in [0.15, 0.2) is 0 Å². The monoisotopic (exact) mass is 264 g/mol. The highest BCUT2D eigenvalue weighted by molar-refractivity contribution is 8.00. The number of ether oxygens (including phenoxy) is 1. The number of halogens is 3. The zero-order valence-corrected chi connectivity index (χ0v) is 8.70. The molecule has 1 heterocycles. The van der Waals surface area contributed by atoms with Crippen molar-refractivity contribution in [1.82, 2.24) is 0 Å². The van der Waals surface area contributed by atoms with E-state index in [1.165, 1.54) is 0 Å². The highest BCUT2D eigenvalue weighted by atomic mass is 32.2. The van der Waals surface area contributed by atoms with Gasteiger partial charge in [-0.1, -0.05) is 0 Å². The summed E-state index contributed by atoms with van der Waals surface area (Å²) in [5, 5.41) is 37.0. The molecule has 1 fully saturated rings. The number of hydrogen-bond acceptors (Lipinski definition) is 6. The van der Waals surface area contributed by atoms with E-state index < -0.39 is 53.7 Å². The Morgan fingerprint density at radius 2 is 1.88 bits per heavy atom. The second-order valence-electron chi connectivity index (χ2n) is 3.39. The van der Waals surface area contributed by atoms with Crippen molar-refractivity contribution in [3.05, 3.63) is 0 Å². The molecular weight excluding hydrogens is 253 g/mol. The van der Waals surface area contributed by atoms with E-state index in [9.17, 15) is 28.5 Å². The summed E-state index contributed by atoms with van der Waals surface area (Å²) >= 11 is -0.582. The van der Waals surface area contributed by atoms with Gasteiger partial charge in [-0.25, -0.2) is 0 Å². The zero-order valence-electron chi connectivity index (χ0n) is 7.89. The first-order valence-corrected chi connectivity index (χ1v) is 5.25. The number of rotatable bonds is 2. The maximum absolute atomic E-state index is 11.9. The lowest BCUT2D eigenvalue weighted by Gasteiger charge is -2.41. The topological polar surface area (TPSA) is 90.2 Å². The quantitative estimate of drug-likeness (QED) is 0.514. The van der Waals surface area contributed by atoms with E-state index in [4.69, 9.17) is 5.11 Å². The molecule has 4 N–H and O–H groups in total. The van der Waals surface area contributed by atoms with E-state index in [0.29, 0.717) is 0 Å². The molecule has 0 aromatic rings. The molecule has 1 saturated heterocycles. The van der Waals surface area contributed by atoms with Gasteiger partial charge in [0.25, 0.3) is 0 Å². The van der Waals surface area contributed by atoms with Crippen LogP contribution >= 0.6 is 11.8 Å². The van der Waals surface area contributed by atoms with E-state index in [1.807, 2.05) is 0 Å². The standard InChI is InChI=1S/C7H11F3O5S/c8-7(9,10)16-2-6(14)5(13)4(12)3(11)1-15-6/h3-5,11-14H,1-2H2/t3-,4-,5+,6?/m1/s1. The Hall–Kier alpha value is -0.0600. The highest BCUT2D eigenvalue weighted by Crippen LogP contribution is 2.36.